The first-order valence-corrected chi connectivity index (χ1v) is 7.90. The van der Waals surface area contributed by atoms with Crippen molar-refractivity contribution in [2.75, 3.05) is 0 Å². The van der Waals surface area contributed by atoms with Crippen LogP contribution >= 0.6 is 0 Å². The molecular formula is C19H14N2O3. The van der Waals surface area contributed by atoms with Crippen LogP contribution in [0.15, 0.2) is 48.5 Å². The van der Waals surface area contributed by atoms with Gasteiger partial charge in [0, 0.05) is 28.6 Å². The number of aromatic nitrogens is 1. The molecule has 5 nitrogen and oxygen atoms in total. The Morgan fingerprint density at radius 1 is 1.12 bits per heavy atom. The second-order valence-electron chi connectivity index (χ2n) is 6.32. The fraction of sp³-hybridized carbons (Fsp3) is 0.158. The van der Waals surface area contributed by atoms with Crippen LogP contribution in [0.4, 0.5) is 0 Å². The molecule has 2 aliphatic rings. The maximum Gasteiger partial charge on any atom is 0.326 e. The third-order valence-corrected chi connectivity index (χ3v) is 5.14. The second-order valence-corrected chi connectivity index (χ2v) is 6.32. The largest absolute Gasteiger partial charge is 0.480 e. The van der Waals surface area contributed by atoms with Gasteiger partial charge in [-0.25, -0.2) is 4.79 Å². The van der Waals surface area contributed by atoms with Crippen molar-refractivity contribution in [1.29, 1.82) is 0 Å². The molecule has 2 atom stereocenters. The maximum atomic E-state index is 12.8. The van der Waals surface area contributed by atoms with E-state index < -0.39 is 12.0 Å². The summed E-state index contributed by atoms with van der Waals surface area (Å²) < 4.78 is 0. The van der Waals surface area contributed by atoms with Gasteiger partial charge in [-0.3, -0.25) is 4.79 Å². The summed E-state index contributed by atoms with van der Waals surface area (Å²) in [6.45, 7) is 0. The van der Waals surface area contributed by atoms with E-state index in [1.165, 1.54) is 4.90 Å². The van der Waals surface area contributed by atoms with Crippen molar-refractivity contribution >= 4 is 22.8 Å². The molecule has 2 aromatic carbocycles. The number of para-hydroxylation sites is 1. The third kappa shape index (κ3) is 1.53. The summed E-state index contributed by atoms with van der Waals surface area (Å²) >= 11 is 0. The van der Waals surface area contributed by atoms with E-state index in [-0.39, 0.29) is 11.9 Å². The number of benzene rings is 2. The lowest BCUT2D eigenvalue weighted by molar-refractivity contribution is -0.143. The molecule has 24 heavy (non-hydrogen) atoms. The van der Waals surface area contributed by atoms with Crippen molar-refractivity contribution in [2.45, 2.75) is 18.5 Å². The van der Waals surface area contributed by atoms with Gasteiger partial charge in [-0.05, 0) is 23.3 Å². The van der Waals surface area contributed by atoms with Gasteiger partial charge in [0.05, 0.1) is 6.04 Å². The molecule has 3 heterocycles. The quantitative estimate of drug-likeness (QED) is 0.724. The number of carbonyl (C=O) groups is 2. The number of aliphatic carboxylic acids is 1. The van der Waals surface area contributed by atoms with Gasteiger partial charge in [-0.15, -0.1) is 0 Å². The first-order valence-electron chi connectivity index (χ1n) is 7.90. The van der Waals surface area contributed by atoms with Crippen LogP contribution in [0.5, 0.6) is 0 Å². The number of carboxylic acids is 1. The summed E-state index contributed by atoms with van der Waals surface area (Å²) in [5.74, 6) is -1.16. The molecule has 2 aliphatic heterocycles. The van der Waals surface area contributed by atoms with Crippen molar-refractivity contribution in [2.24, 2.45) is 0 Å². The van der Waals surface area contributed by atoms with Crippen molar-refractivity contribution in [3.05, 3.63) is 70.9 Å². The summed E-state index contributed by atoms with van der Waals surface area (Å²) in [6.07, 6.45) is 0.324. The molecular weight excluding hydrogens is 304 g/mol. The van der Waals surface area contributed by atoms with Crippen LogP contribution in [-0.2, 0) is 11.2 Å². The van der Waals surface area contributed by atoms with E-state index in [0.29, 0.717) is 12.0 Å². The van der Waals surface area contributed by atoms with Crippen molar-refractivity contribution in [3.8, 4) is 0 Å². The lowest BCUT2D eigenvalue weighted by Gasteiger charge is -2.35. The molecule has 5 heteroatoms. The highest BCUT2D eigenvalue weighted by atomic mass is 16.4. The van der Waals surface area contributed by atoms with Crippen LogP contribution in [0, 0.1) is 0 Å². The van der Waals surface area contributed by atoms with Gasteiger partial charge < -0.3 is 15.0 Å². The fourth-order valence-corrected chi connectivity index (χ4v) is 4.12. The van der Waals surface area contributed by atoms with E-state index in [9.17, 15) is 14.7 Å². The maximum absolute atomic E-state index is 12.8. The number of carboxylic acid groups (broad SMARTS) is 1. The molecule has 0 saturated heterocycles. The molecule has 1 amide bonds. The highest BCUT2D eigenvalue weighted by molar-refractivity contribution is 6.03. The number of rotatable bonds is 1. The number of nitrogens with zero attached hydrogens (tertiary/aromatic N) is 1. The second kappa shape index (κ2) is 4.47. The first-order chi connectivity index (χ1) is 11.7. The van der Waals surface area contributed by atoms with Crippen molar-refractivity contribution in [3.63, 3.8) is 0 Å². The van der Waals surface area contributed by atoms with Crippen LogP contribution in [0.2, 0.25) is 0 Å². The van der Waals surface area contributed by atoms with Crippen LogP contribution < -0.4 is 0 Å². The van der Waals surface area contributed by atoms with E-state index in [1.807, 2.05) is 42.5 Å². The van der Waals surface area contributed by atoms with E-state index in [0.717, 1.165) is 27.7 Å². The minimum Gasteiger partial charge on any atom is -0.480 e. The molecule has 2 N–H and O–H groups in total. The number of H-pyrrole nitrogens is 1. The smallest absolute Gasteiger partial charge is 0.326 e. The zero-order chi connectivity index (χ0) is 16.4. The molecule has 1 aromatic heterocycles. The summed E-state index contributed by atoms with van der Waals surface area (Å²) in [5, 5.41) is 10.8. The zero-order valence-corrected chi connectivity index (χ0v) is 12.7. The predicted molar refractivity (Wildman–Crippen MR) is 87.9 cm³/mol. The van der Waals surface area contributed by atoms with Crippen molar-refractivity contribution < 1.29 is 14.7 Å². The summed E-state index contributed by atoms with van der Waals surface area (Å²) in [4.78, 5) is 29.6. The number of aromatic amines is 1. The van der Waals surface area contributed by atoms with E-state index in [1.54, 1.807) is 6.07 Å². The number of carbonyl (C=O) groups excluding carboxylic acids is 1. The molecule has 118 valence electrons. The number of hydrogen-bond donors (Lipinski definition) is 2. The molecule has 0 saturated carbocycles. The molecule has 5 rings (SSSR count). The minimum atomic E-state index is -0.961. The van der Waals surface area contributed by atoms with Gasteiger partial charge in [0.15, 0.2) is 0 Å². The van der Waals surface area contributed by atoms with Crippen LogP contribution in [0.1, 0.15) is 33.2 Å². The molecule has 3 aromatic rings. The lowest BCUT2D eigenvalue weighted by atomic mass is 9.90. The van der Waals surface area contributed by atoms with Gasteiger partial charge >= 0.3 is 5.97 Å². The van der Waals surface area contributed by atoms with E-state index in [4.69, 9.17) is 0 Å². The molecule has 0 bridgehead atoms. The Bertz CT molecular complexity index is 1020. The molecule has 0 unspecified atom stereocenters. The van der Waals surface area contributed by atoms with Crippen LogP contribution in [0.3, 0.4) is 0 Å². The summed E-state index contributed by atoms with van der Waals surface area (Å²) in [7, 11) is 0. The first kappa shape index (κ1) is 13.4. The summed E-state index contributed by atoms with van der Waals surface area (Å²) in [6, 6.07) is 14.1. The Balaban J connectivity index is 1.83. The standard InChI is InChI=1S/C19H14N2O3/c22-18-12-7-2-1-6-11(12)17-16-13(9-15(19(23)24)21(17)18)10-5-3-4-8-14(10)20-16/h1-8,15,17,20H,9H2,(H,23,24)/t15-,17-/m1/s1. The van der Waals surface area contributed by atoms with Gasteiger partial charge in [0.25, 0.3) is 5.91 Å². The highest BCUT2D eigenvalue weighted by Gasteiger charge is 2.48. The van der Waals surface area contributed by atoms with Gasteiger partial charge in [0.2, 0.25) is 0 Å². The Morgan fingerprint density at radius 3 is 2.71 bits per heavy atom. The number of fused-ring (bicyclic) bond motifs is 7. The van der Waals surface area contributed by atoms with Crippen LogP contribution in [0.25, 0.3) is 10.9 Å². The van der Waals surface area contributed by atoms with Gasteiger partial charge in [0.1, 0.15) is 6.04 Å². The van der Waals surface area contributed by atoms with Crippen LogP contribution in [-0.4, -0.2) is 32.9 Å². The molecule has 0 aliphatic carbocycles. The highest BCUT2D eigenvalue weighted by Crippen LogP contribution is 2.46. The summed E-state index contributed by atoms with van der Waals surface area (Å²) in [5.41, 5.74) is 4.39. The lowest BCUT2D eigenvalue weighted by Crippen LogP contribution is -2.48. The normalized spacial score (nSPS) is 21.5. The van der Waals surface area contributed by atoms with E-state index >= 15 is 0 Å². The monoisotopic (exact) mass is 318 g/mol. The Labute approximate surface area is 137 Å². The number of amides is 1. The van der Waals surface area contributed by atoms with Crippen molar-refractivity contribution in [1.82, 2.24) is 9.88 Å². The average Bonchev–Trinajstić information content (AvgIpc) is 3.11. The Kier molecular flexibility index (Phi) is 2.49. The zero-order valence-electron chi connectivity index (χ0n) is 12.7. The topological polar surface area (TPSA) is 73.4 Å². The fourth-order valence-electron chi connectivity index (χ4n) is 4.12. The van der Waals surface area contributed by atoms with E-state index in [2.05, 4.69) is 4.98 Å². The van der Waals surface area contributed by atoms with Gasteiger partial charge in [-0.1, -0.05) is 36.4 Å². The molecule has 0 spiro atoms. The Hall–Kier alpha value is -3.08. The third-order valence-electron chi connectivity index (χ3n) is 5.14. The minimum absolute atomic E-state index is 0.202. The SMILES string of the molecule is O=C(O)[C@H]1Cc2c([nH]c3ccccc23)[C@H]2c3ccccc3C(=O)N21. The average molecular weight is 318 g/mol. The number of hydrogen-bond acceptors (Lipinski definition) is 2. The van der Waals surface area contributed by atoms with Gasteiger partial charge in [-0.2, -0.15) is 0 Å². The molecule has 0 fully saturated rings. The Morgan fingerprint density at radius 2 is 1.88 bits per heavy atom. The number of nitrogens with one attached hydrogen (secondary N) is 1. The molecule has 0 radical (unpaired) electrons. The predicted octanol–water partition coefficient (Wildman–Crippen LogP) is 2.72.